The van der Waals surface area contributed by atoms with Crippen LogP contribution in [0.25, 0.3) is 0 Å². The van der Waals surface area contributed by atoms with Crippen LogP contribution in [0, 0.1) is 11.3 Å². The number of aliphatic hydroxyl groups excluding tert-OH is 1. The molecule has 0 saturated carbocycles. The summed E-state index contributed by atoms with van der Waals surface area (Å²) in [6, 6.07) is 14.3. The molecule has 35 heavy (non-hydrogen) atoms. The van der Waals surface area contributed by atoms with Crippen molar-refractivity contribution in [2.24, 2.45) is 11.3 Å². The zero-order valence-electron chi connectivity index (χ0n) is 22.0. The summed E-state index contributed by atoms with van der Waals surface area (Å²) in [5, 5.41) is 10.7. The second-order valence-electron chi connectivity index (χ2n) is 10.8. The van der Waals surface area contributed by atoms with Crippen LogP contribution >= 0.6 is 0 Å². The highest BCUT2D eigenvalue weighted by Crippen LogP contribution is 2.43. The van der Waals surface area contributed by atoms with Gasteiger partial charge in [-0.1, -0.05) is 45.9 Å². The summed E-state index contributed by atoms with van der Waals surface area (Å²) >= 11 is 0. The van der Waals surface area contributed by atoms with Gasteiger partial charge in [-0.3, -0.25) is 0 Å². The van der Waals surface area contributed by atoms with Gasteiger partial charge in [-0.05, 0) is 60.1 Å². The number of hydrogen-bond donors (Lipinski definition) is 1. The van der Waals surface area contributed by atoms with Gasteiger partial charge in [0.25, 0.3) is 0 Å². The molecule has 1 N–H and O–H groups in total. The summed E-state index contributed by atoms with van der Waals surface area (Å²) in [7, 11) is 1.67. The molecule has 6 nitrogen and oxygen atoms in total. The Balaban J connectivity index is 1.85. The number of carbonyl (C=O) groups excluding carboxylic acids is 1. The van der Waals surface area contributed by atoms with Crippen molar-refractivity contribution in [2.75, 3.05) is 31.8 Å². The van der Waals surface area contributed by atoms with Crippen LogP contribution in [0.3, 0.4) is 0 Å². The molecule has 1 aliphatic heterocycles. The highest BCUT2D eigenvalue weighted by molar-refractivity contribution is 5.54. The minimum Gasteiger partial charge on any atom is -0.493 e. The van der Waals surface area contributed by atoms with E-state index >= 15 is 0 Å². The van der Waals surface area contributed by atoms with Gasteiger partial charge in [0.1, 0.15) is 12.9 Å². The van der Waals surface area contributed by atoms with E-state index in [4.69, 9.17) is 14.2 Å². The lowest BCUT2D eigenvalue weighted by Gasteiger charge is -2.31. The molecule has 4 atom stereocenters. The van der Waals surface area contributed by atoms with Crippen LogP contribution in [0.2, 0.25) is 0 Å². The Morgan fingerprint density at radius 2 is 1.94 bits per heavy atom. The van der Waals surface area contributed by atoms with E-state index in [2.05, 4.69) is 56.9 Å². The SMILES string of the molecule is COc1ccc([C@H]2CN(c3cccc(COCC=O)c3)C([C@@H](C)O)[C@H]2C)cc1OCCC(C)(C)C. The number of nitrogens with zero attached hydrogens (tertiary/aromatic N) is 1. The van der Waals surface area contributed by atoms with Crippen LogP contribution in [-0.2, 0) is 16.1 Å². The fourth-order valence-electron chi connectivity index (χ4n) is 4.96. The predicted molar refractivity (Wildman–Crippen MR) is 139 cm³/mol. The number of rotatable bonds is 11. The monoisotopic (exact) mass is 483 g/mol. The van der Waals surface area contributed by atoms with E-state index in [1.807, 2.05) is 25.1 Å². The van der Waals surface area contributed by atoms with Gasteiger partial charge in [-0.25, -0.2) is 0 Å². The average molecular weight is 484 g/mol. The highest BCUT2D eigenvalue weighted by atomic mass is 16.5. The van der Waals surface area contributed by atoms with Crippen molar-refractivity contribution in [3.8, 4) is 11.5 Å². The Morgan fingerprint density at radius 1 is 1.17 bits per heavy atom. The van der Waals surface area contributed by atoms with E-state index in [1.165, 1.54) is 5.56 Å². The van der Waals surface area contributed by atoms with Gasteiger partial charge in [0.15, 0.2) is 11.5 Å². The second-order valence-corrected chi connectivity index (χ2v) is 10.8. The van der Waals surface area contributed by atoms with E-state index in [1.54, 1.807) is 7.11 Å². The maximum absolute atomic E-state index is 10.7. The van der Waals surface area contributed by atoms with Gasteiger partial charge in [0.2, 0.25) is 0 Å². The van der Waals surface area contributed by atoms with Crippen molar-refractivity contribution in [3.05, 3.63) is 53.6 Å². The number of anilines is 1. The van der Waals surface area contributed by atoms with E-state index < -0.39 is 6.10 Å². The lowest BCUT2D eigenvalue weighted by Crippen LogP contribution is -2.40. The zero-order chi connectivity index (χ0) is 25.6. The van der Waals surface area contributed by atoms with Crippen molar-refractivity contribution in [2.45, 2.75) is 65.7 Å². The number of aliphatic hydroxyl groups is 1. The molecule has 1 aliphatic rings. The third-order valence-corrected chi connectivity index (χ3v) is 6.84. The summed E-state index contributed by atoms with van der Waals surface area (Å²) in [6.07, 6.45) is 1.21. The van der Waals surface area contributed by atoms with Crippen molar-refractivity contribution in [1.82, 2.24) is 0 Å². The van der Waals surface area contributed by atoms with Crippen LogP contribution in [0.15, 0.2) is 42.5 Å². The quantitative estimate of drug-likeness (QED) is 0.349. The number of carbonyl (C=O) groups is 1. The van der Waals surface area contributed by atoms with E-state index in [0.717, 1.165) is 42.0 Å². The van der Waals surface area contributed by atoms with Crippen LogP contribution in [0.4, 0.5) is 5.69 Å². The molecule has 0 aliphatic carbocycles. The fourth-order valence-corrected chi connectivity index (χ4v) is 4.96. The first-order valence-electron chi connectivity index (χ1n) is 12.5. The molecule has 1 fully saturated rings. The summed E-state index contributed by atoms with van der Waals surface area (Å²) in [5.74, 6) is 1.95. The number of methoxy groups -OCH3 is 1. The topological polar surface area (TPSA) is 68.2 Å². The normalized spacial score (nSPS) is 21.1. The van der Waals surface area contributed by atoms with Crippen LogP contribution in [-0.4, -0.2) is 50.4 Å². The molecule has 1 heterocycles. The number of ether oxygens (including phenoxy) is 3. The maximum Gasteiger partial charge on any atom is 0.161 e. The Hall–Kier alpha value is -2.57. The summed E-state index contributed by atoms with van der Waals surface area (Å²) in [4.78, 5) is 12.9. The standard InChI is InChI=1S/C29H41NO5/c1-20-25(23-10-11-26(33-6)27(17-23)35-14-12-29(3,4)5)18-30(28(20)21(2)32)24-9-7-8-22(16-24)19-34-15-13-31/h7-11,13,16-17,20-21,25,28,32H,12,14-15,18-19H2,1-6H3/t20-,21+,25-,28?/m0/s1. The highest BCUT2D eigenvalue weighted by Gasteiger charge is 2.42. The minimum atomic E-state index is -0.495. The number of benzene rings is 2. The van der Waals surface area contributed by atoms with E-state index in [9.17, 15) is 9.90 Å². The first-order chi connectivity index (χ1) is 16.6. The van der Waals surface area contributed by atoms with Crippen LogP contribution in [0.5, 0.6) is 11.5 Å². The zero-order valence-corrected chi connectivity index (χ0v) is 22.0. The van der Waals surface area contributed by atoms with E-state index in [0.29, 0.717) is 13.2 Å². The lowest BCUT2D eigenvalue weighted by molar-refractivity contribution is -0.112. The van der Waals surface area contributed by atoms with Crippen molar-refractivity contribution >= 4 is 12.0 Å². The van der Waals surface area contributed by atoms with Crippen LogP contribution in [0.1, 0.15) is 58.1 Å². The van der Waals surface area contributed by atoms with Crippen LogP contribution < -0.4 is 14.4 Å². The molecule has 2 aromatic rings. The summed E-state index contributed by atoms with van der Waals surface area (Å²) in [6.45, 7) is 12.6. The molecule has 3 rings (SSSR count). The fraction of sp³-hybridized carbons (Fsp3) is 0.552. The molecule has 192 valence electrons. The molecule has 1 saturated heterocycles. The number of hydrogen-bond acceptors (Lipinski definition) is 6. The lowest BCUT2D eigenvalue weighted by atomic mass is 9.85. The van der Waals surface area contributed by atoms with Crippen molar-refractivity contribution < 1.29 is 24.1 Å². The third kappa shape index (κ3) is 6.98. The summed E-state index contributed by atoms with van der Waals surface area (Å²) in [5.41, 5.74) is 3.43. The van der Waals surface area contributed by atoms with Gasteiger partial charge < -0.3 is 29.0 Å². The van der Waals surface area contributed by atoms with Gasteiger partial charge in [0, 0.05) is 18.2 Å². The molecule has 0 spiro atoms. The average Bonchev–Trinajstić information content (AvgIpc) is 3.16. The molecule has 0 aromatic heterocycles. The first-order valence-corrected chi connectivity index (χ1v) is 12.5. The Morgan fingerprint density at radius 3 is 2.60 bits per heavy atom. The second kappa shape index (κ2) is 11.9. The molecule has 6 heteroatoms. The largest absolute Gasteiger partial charge is 0.493 e. The molecular formula is C29H41NO5. The van der Waals surface area contributed by atoms with Gasteiger partial charge >= 0.3 is 0 Å². The van der Waals surface area contributed by atoms with Gasteiger partial charge in [-0.2, -0.15) is 0 Å². The Kier molecular flexibility index (Phi) is 9.20. The predicted octanol–water partition coefficient (Wildman–Crippen LogP) is 5.22. The smallest absolute Gasteiger partial charge is 0.161 e. The minimum absolute atomic E-state index is 0.0292. The Bertz CT molecular complexity index is 968. The number of aldehydes is 1. The van der Waals surface area contributed by atoms with Crippen molar-refractivity contribution in [1.29, 1.82) is 0 Å². The molecular weight excluding hydrogens is 442 g/mol. The van der Waals surface area contributed by atoms with Gasteiger partial charge in [-0.15, -0.1) is 0 Å². The third-order valence-electron chi connectivity index (χ3n) is 6.84. The molecule has 1 unspecified atom stereocenters. The molecule has 0 amide bonds. The van der Waals surface area contributed by atoms with Crippen molar-refractivity contribution in [3.63, 3.8) is 0 Å². The first kappa shape index (κ1) is 27.0. The molecule has 0 radical (unpaired) electrons. The van der Waals surface area contributed by atoms with Gasteiger partial charge in [0.05, 0.1) is 32.5 Å². The summed E-state index contributed by atoms with van der Waals surface area (Å²) < 4.78 is 17.1. The van der Waals surface area contributed by atoms with E-state index in [-0.39, 0.29) is 29.9 Å². The maximum atomic E-state index is 10.7. The molecule has 2 aromatic carbocycles. The Labute approximate surface area is 210 Å². The molecule has 0 bridgehead atoms.